The highest BCUT2D eigenvalue weighted by Gasteiger charge is 2.25. The molecule has 1 aromatic carbocycles. The van der Waals surface area contributed by atoms with Crippen molar-refractivity contribution < 1.29 is 14.5 Å². The van der Waals surface area contributed by atoms with Gasteiger partial charge in [-0.05, 0) is 6.07 Å². The molecule has 0 fully saturated rings. The molecule has 0 atom stereocenters. The maximum absolute atomic E-state index is 11.9. The van der Waals surface area contributed by atoms with E-state index in [0.717, 1.165) is 0 Å². The van der Waals surface area contributed by atoms with Crippen LogP contribution in [0.4, 0.5) is 5.69 Å². The number of nitrogens with zero attached hydrogens (tertiary/aromatic N) is 5. The summed E-state index contributed by atoms with van der Waals surface area (Å²) in [6, 6.07) is 2.71. The van der Waals surface area contributed by atoms with E-state index >= 15 is 0 Å². The highest BCUT2D eigenvalue weighted by atomic mass is 16.6. The Morgan fingerprint density at radius 2 is 1.70 bits per heavy atom. The third-order valence-electron chi connectivity index (χ3n) is 3.26. The van der Waals surface area contributed by atoms with Crippen molar-refractivity contribution in [3.8, 4) is 11.4 Å². The van der Waals surface area contributed by atoms with Crippen LogP contribution in [-0.4, -0.2) is 37.1 Å². The largest absolute Gasteiger partial charge is 0.465 e. The summed E-state index contributed by atoms with van der Waals surface area (Å²) in [5.74, 6) is -0.782. The lowest BCUT2D eigenvalue weighted by Gasteiger charge is -2.13. The minimum Gasteiger partial charge on any atom is -0.465 e. The van der Waals surface area contributed by atoms with Crippen LogP contribution in [0.5, 0.6) is 0 Å². The Hall–Kier alpha value is -3.49. The van der Waals surface area contributed by atoms with Gasteiger partial charge in [0.25, 0.3) is 5.69 Å². The van der Waals surface area contributed by atoms with Crippen molar-refractivity contribution in [2.24, 2.45) is 0 Å². The molecule has 3 aromatic rings. The Kier molecular flexibility index (Phi) is 3.59. The molecule has 0 bridgehead atoms. The van der Waals surface area contributed by atoms with Crippen LogP contribution in [0.3, 0.4) is 0 Å². The Morgan fingerprint density at radius 1 is 1.13 bits per heavy atom. The number of ether oxygens (including phenoxy) is 1. The lowest BCUT2D eigenvalue weighted by Crippen LogP contribution is -2.10. The number of methoxy groups -OCH3 is 1. The van der Waals surface area contributed by atoms with Gasteiger partial charge in [-0.1, -0.05) is 0 Å². The molecule has 116 valence electrons. The third kappa shape index (κ3) is 2.55. The number of nitro benzene ring substituents is 1. The van der Waals surface area contributed by atoms with Gasteiger partial charge in [0.15, 0.2) is 0 Å². The number of imidazole rings is 2. The Bertz CT molecular complexity index is 856. The molecule has 0 aliphatic carbocycles. The number of benzene rings is 1. The van der Waals surface area contributed by atoms with Crippen molar-refractivity contribution in [3.05, 3.63) is 65.3 Å². The first-order valence-corrected chi connectivity index (χ1v) is 6.49. The number of hydrogen-bond acceptors (Lipinski definition) is 6. The number of carbonyl (C=O) groups excluding carboxylic acids is 1. The van der Waals surface area contributed by atoms with Crippen LogP contribution in [-0.2, 0) is 4.74 Å². The predicted molar refractivity (Wildman–Crippen MR) is 78.7 cm³/mol. The molecule has 23 heavy (non-hydrogen) atoms. The number of rotatable bonds is 4. The van der Waals surface area contributed by atoms with Crippen LogP contribution < -0.4 is 0 Å². The minimum atomic E-state index is -0.782. The molecule has 0 N–H and O–H groups in total. The summed E-state index contributed by atoms with van der Waals surface area (Å²) < 4.78 is 7.90. The van der Waals surface area contributed by atoms with Crippen LogP contribution in [0, 0.1) is 10.1 Å². The van der Waals surface area contributed by atoms with Crippen molar-refractivity contribution in [2.45, 2.75) is 0 Å². The van der Waals surface area contributed by atoms with Gasteiger partial charge in [-0.15, -0.1) is 0 Å². The van der Waals surface area contributed by atoms with Crippen molar-refractivity contribution in [1.29, 1.82) is 0 Å². The summed E-state index contributed by atoms with van der Waals surface area (Å²) in [6.45, 7) is 0. The highest BCUT2D eigenvalue weighted by Crippen LogP contribution is 2.29. The van der Waals surface area contributed by atoms with E-state index in [1.54, 1.807) is 33.9 Å². The fourth-order valence-electron chi connectivity index (χ4n) is 2.21. The first-order chi connectivity index (χ1) is 11.1. The molecule has 0 aliphatic heterocycles. The number of esters is 1. The van der Waals surface area contributed by atoms with Crippen molar-refractivity contribution in [1.82, 2.24) is 19.1 Å². The standard InChI is InChI=1S/C14H11N5O4/c1-23-14(20)10-6-12(17-4-2-15-8-17)13(7-11(10)19(21)22)18-5-3-16-9-18/h2-9H,1H3. The van der Waals surface area contributed by atoms with E-state index in [1.165, 1.54) is 31.9 Å². The summed E-state index contributed by atoms with van der Waals surface area (Å²) >= 11 is 0. The highest BCUT2D eigenvalue weighted by molar-refractivity contribution is 5.95. The monoisotopic (exact) mass is 313 g/mol. The Morgan fingerprint density at radius 3 is 2.13 bits per heavy atom. The van der Waals surface area contributed by atoms with Gasteiger partial charge >= 0.3 is 5.97 Å². The molecule has 0 radical (unpaired) electrons. The molecule has 2 heterocycles. The quantitative estimate of drug-likeness (QED) is 0.413. The first-order valence-electron chi connectivity index (χ1n) is 6.49. The second-order valence-electron chi connectivity index (χ2n) is 4.55. The Balaban J connectivity index is 2.32. The van der Waals surface area contributed by atoms with Crippen LogP contribution in [0.1, 0.15) is 10.4 Å². The predicted octanol–water partition coefficient (Wildman–Crippen LogP) is 1.75. The van der Waals surface area contributed by atoms with Crippen molar-refractivity contribution in [2.75, 3.05) is 7.11 Å². The second-order valence-corrected chi connectivity index (χ2v) is 4.55. The van der Waals surface area contributed by atoms with Gasteiger partial charge in [-0.25, -0.2) is 14.8 Å². The van der Waals surface area contributed by atoms with Crippen LogP contribution in [0.2, 0.25) is 0 Å². The van der Waals surface area contributed by atoms with Crippen molar-refractivity contribution in [3.63, 3.8) is 0 Å². The van der Waals surface area contributed by atoms with E-state index in [1.807, 2.05) is 0 Å². The number of nitro groups is 1. The molecule has 0 saturated carbocycles. The molecular formula is C14H11N5O4. The van der Waals surface area contributed by atoms with Crippen LogP contribution >= 0.6 is 0 Å². The van der Waals surface area contributed by atoms with Gasteiger partial charge in [-0.2, -0.15) is 0 Å². The molecule has 2 aromatic heterocycles. The second kappa shape index (κ2) is 5.72. The first kappa shape index (κ1) is 14.4. The van der Waals surface area contributed by atoms with Gasteiger partial charge in [0.1, 0.15) is 5.56 Å². The van der Waals surface area contributed by atoms with E-state index in [0.29, 0.717) is 11.4 Å². The van der Waals surface area contributed by atoms with Crippen LogP contribution in [0.15, 0.2) is 49.6 Å². The fraction of sp³-hybridized carbons (Fsp3) is 0.0714. The molecule has 0 saturated heterocycles. The fourth-order valence-corrected chi connectivity index (χ4v) is 2.21. The smallest absolute Gasteiger partial charge is 0.344 e. The minimum absolute atomic E-state index is 0.134. The topological polar surface area (TPSA) is 105 Å². The summed E-state index contributed by atoms with van der Waals surface area (Å²) in [5, 5.41) is 11.3. The SMILES string of the molecule is COC(=O)c1cc(-n2ccnc2)c(-n2ccnc2)cc1[N+](=O)[O-]. The maximum atomic E-state index is 11.9. The number of aromatic nitrogens is 4. The molecule has 9 nitrogen and oxygen atoms in total. The van der Waals surface area contributed by atoms with E-state index in [4.69, 9.17) is 0 Å². The van der Waals surface area contributed by atoms with E-state index in [-0.39, 0.29) is 11.3 Å². The van der Waals surface area contributed by atoms with E-state index in [9.17, 15) is 14.9 Å². The average molecular weight is 313 g/mol. The number of carbonyl (C=O) groups is 1. The molecule has 0 spiro atoms. The molecule has 0 aliphatic rings. The zero-order valence-corrected chi connectivity index (χ0v) is 12.0. The van der Waals surface area contributed by atoms with Gasteiger partial charge in [0, 0.05) is 30.9 Å². The van der Waals surface area contributed by atoms with E-state index < -0.39 is 10.9 Å². The van der Waals surface area contributed by atoms with E-state index in [2.05, 4.69) is 14.7 Å². The summed E-state index contributed by atoms with van der Waals surface area (Å²) in [7, 11) is 1.17. The normalized spacial score (nSPS) is 10.5. The zero-order valence-electron chi connectivity index (χ0n) is 12.0. The molecule has 0 amide bonds. The number of hydrogen-bond donors (Lipinski definition) is 0. The van der Waals surface area contributed by atoms with Gasteiger partial charge in [0.05, 0.1) is 36.1 Å². The lowest BCUT2D eigenvalue weighted by molar-refractivity contribution is -0.385. The zero-order chi connectivity index (χ0) is 16.4. The summed E-state index contributed by atoms with van der Waals surface area (Å²) in [5.41, 5.74) is 0.542. The maximum Gasteiger partial charge on any atom is 0.344 e. The van der Waals surface area contributed by atoms with Crippen LogP contribution in [0.25, 0.3) is 11.4 Å². The summed E-state index contributed by atoms with van der Waals surface area (Å²) in [6.07, 6.45) is 9.48. The lowest BCUT2D eigenvalue weighted by atomic mass is 10.1. The molecule has 0 unspecified atom stereocenters. The Labute approximate surface area is 129 Å². The summed E-state index contributed by atoms with van der Waals surface area (Å²) in [4.78, 5) is 30.5. The molecule has 9 heteroatoms. The van der Waals surface area contributed by atoms with Gasteiger partial charge in [-0.3, -0.25) is 10.1 Å². The third-order valence-corrected chi connectivity index (χ3v) is 3.26. The molecule has 3 rings (SSSR count). The van der Waals surface area contributed by atoms with Gasteiger partial charge in [0.2, 0.25) is 0 Å². The molecular weight excluding hydrogens is 302 g/mol. The average Bonchev–Trinajstić information content (AvgIpc) is 3.25. The van der Waals surface area contributed by atoms with Crippen molar-refractivity contribution >= 4 is 11.7 Å². The van der Waals surface area contributed by atoms with Gasteiger partial charge < -0.3 is 13.9 Å².